The van der Waals surface area contributed by atoms with Crippen molar-refractivity contribution in [2.24, 2.45) is 0 Å². The molecule has 1 unspecified atom stereocenters. The van der Waals surface area contributed by atoms with Gasteiger partial charge in [-0.1, -0.05) is 12.7 Å². The molecule has 0 radical (unpaired) electrons. The minimum Gasteiger partial charge on any atom is -0.493 e. The highest BCUT2D eigenvalue weighted by Crippen LogP contribution is 2.29. The van der Waals surface area contributed by atoms with Gasteiger partial charge in [0.05, 0.1) is 7.11 Å². The fraction of sp³-hybridized carbons (Fsp3) is 0.273. The van der Waals surface area contributed by atoms with E-state index < -0.39 is 0 Å². The Balaban J connectivity index is 2.90. The molecule has 0 spiro atoms. The minimum absolute atomic E-state index is 0.0486. The van der Waals surface area contributed by atoms with Crippen molar-refractivity contribution >= 4 is 5.69 Å². The third-order valence-electron chi connectivity index (χ3n) is 1.83. The lowest BCUT2D eigenvalue weighted by atomic mass is 10.3. The molecule has 0 amide bonds. The van der Waals surface area contributed by atoms with Crippen LogP contribution in [0.5, 0.6) is 11.5 Å². The second kappa shape index (κ2) is 4.56. The molecule has 0 aliphatic heterocycles. The maximum Gasteiger partial charge on any atom is 0.162 e. The number of nitrogen functional groups attached to an aromatic ring is 1. The fourth-order valence-corrected chi connectivity index (χ4v) is 1.03. The normalized spacial score (nSPS) is 11.9. The van der Waals surface area contributed by atoms with E-state index in [9.17, 15) is 0 Å². The summed E-state index contributed by atoms with van der Waals surface area (Å²) in [4.78, 5) is 0. The Bertz CT molecular complexity index is 323. The molecule has 0 bridgehead atoms. The van der Waals surface area contributed by atoms with E-state index >= 15 is 0 Å². The van der Waals surface area contributed by atoms with E-state index in [4.69, 9.17) is 15.2 Å². The summed E-state index contributed by atoms with van der Waals surface area (Å²) in [5.74, 6) is 1.31. The first-order valence-corrected chi connectivity index (χ1v) is 4.40. The topological polar surface area (TPSA) is 44.5 Å². The Morgan fingerprint density at radius 1 is 1.43 bits per heavy atom. The van der Waals surface area contributed by atoms with E-state index in [2.05, 4.69) is 6.58 Å². The van der Waals surface area contributed by atoms with Gasteiger partial charge in [0.2, 0.25) is 0 Å². The van der Waals surface area contributed by atoms with E-state index in [1.807, 2.05) is 6.92 Å². The molecule has 0 heterocycles. The van der Waals surface area contributed by atoms with Crippen molar-refractivity contribution in [3.8, 4) is 11.5 Å². The zero-order valence-electron chi connectivity index (χ0n) is 8.49. The Labute approximate surface area is 84.1 Å². The van der Waals surface area contributed by atoms with E-state index in [0.717, 1.165) is 0 Å². The van der Waals surface area contributed by atoms with Crippen molar-refractivity contribution in [2.75, 3.05) is 12.8 Å². The number of hydrogen-bond acceptors (Lipinski definition) is 3. The smallest absolute Gasteiger partial charge is 0.162 e. The summed E-state index contributed by atoms with van der Waals surface area (Å²) in [5.41, 5.74) is 6.26. The molecule has 3 nitrogen and oxygen atoms in total. The summed E-state index contributed by atoms with van der Waals surface area (Å²) in [6.45, 7) is 5.54. The van der Waals surface area contributed by atoms with Crippen LogP contribution in [0.15, 0.2) is 30.9 Å². The third-order valence-corrected chi connectivity index (χ3v) is 1.83. The zero-order chi connectivity index (χ0) is 10.6. The molecule has 0 aromatic heterocycles. The summed E-state index contributed by atoms with van der Waals surface area (Å²) in [7, 11) is 1.58. The van der Waals surface area contributed by atoms with Gasteiger partial charge < -0.3 is 15.2 Å². The number of benzene rings is 1. The molecule has 3 heteroatoms. The van der Waals surface area contributed by atoms with Crippen LogP contribution in [0, 0.1) is 0 Å². The lowest BCUT2D eigenvalue weighted by Crippen LogP contribution is -2.08. The first-order valence-electron chi connectivity index (χ1n) is 4.40. The Morgan fingerprint density at radius 2 is 2.14 bits per heavy atom. The summed E-state index contributed by atoms with van der Waals surface area (Å²) in [5, 5.41) is 0. The van der Waals surface area contributed by atoms with Crippen molar-refractivity contribution in [1.29, 1.82) is 0 Å². The number of anilines is 1. The van der Waals surface area contributed by atoms with Crippen molar-refractivity contribution < 1.29 is 9.47 Å². The molecule has 14 heavy (non-hydrogen) atoms. The standard InChI is InChI=1S/C11H15NO2/c1-4-8(2)14-10-6-5-9(12)7-11(10)13-3/h4-8H,1,12H2,2-3H3. The number of nitrogens with two attached hydrogens (primary N) is 1. The molecule has 1 atom stereocenters. The second-order valence-corrected chi connectivity index (χ2v) is 2.97. The van der Waals surface area contributed by atoms with E-state index in [0.29, 0.717) is 17.2 Å². The third kappa shape index (κ3) is 2.42. The molecule has 1 aromatic carbocycles. The van der Waals surface area contributed by atoms with Crippen LogP contribution in [0.1, 0.15) is 6.92 Å². The molecule has 1 aromatic rings. The van der Waals surface area contributed by atoms with Gasteiger partial charge in [0, 0.05) is 11.8 Å². The first kappa shape index (κ1) is 10.4. The van der Waals surface area contributed by atoms with Crippen molar-refractivity contribution in [3.63, 3.8) is 0 Å². The first-order chi connectivity index (χ1) is 6.67. The maximum atomic E-state index is 5.61. The number of ether oxygens (including phenoxy) is 2. The van der Waals surface area contributed by atoms with Gasteiger partial charge in [-0.15, -0.1) is 0 Å². The summed E-state index contributed by atoms with van der Waals surface area (Å²) in [6.07, 6.45) is 1.67. The monoisotopic (exact) mass is 193 g/mol. The predicted octanol–water partition coefficient (Wildman–Crippen LogP) is 2.23. The summed E-state index contributed by atoms with van der Waals surface area (Å²) in [6, 6.07) is 5.28. The average molecular weight is 193 g/mol. The highest BCUT2D eigenvalue weighted by atomic mass is 16.5. The summed E-state index contributed by atoms with van der Waals surface area (Å²) < 4.78 is 10.7. The van der Waals surface area contributed by atoms with Gasteiger partial charge >= 0.3 is 0 Å². The summed E-state index contributed by atoms with van der Waals surface area (Å²) >= 11 is 0. The molecular formula is C11H15NO2. The Hall–Kier alpha value is -1.64. The van der Waals surface area contributed by atoms with Crippen LogP contribution in [0.25, 0.3) is 0 Å². The molecule has 76 valence electrons. The van der Waals surface area contributed by atoms with Gasteiger partial charge in [-0.25, -0.2) is 0 Å². The van der Waals surface area contributed by atoms with Crippen LogP contribution in [-0.4, -0.2) is 13.2 Å². The van der Waals surface area contributed by atoms with Crippen LogP contribution in [0.4, 0.5) is 5.69 Å². The number of hydrogen-bond donors (Lipinski definition) is 1. The molecule has 0 saturated carbocycles. The quantitative estimate of drug-likeness (QED) is 0.589. The highest BCUT2D eigenvalue weighted by molar-refractivity contribution is 5.52. The van der Waals surface area contributed by atoms with E-state index in [-0.39, 0.29) is 6.10 Å². The molecule has 0 aliphatic rings. The molecule has 0 saturated heterocycles. The molecular weight excluding hydrogens is 178 g/mol. The van der Waals surface area contributed by atoms with Gasteiger partial charge in [-0.2, -0.15) is 0 Å². The van der Waals surface area contributed by atoms with Crippen LogP contribution in [0.3, 0.4) is 0 Å². The highest BCUT2D eigenvalue weighted by Gasteiger charge is 2.06. The zero-order valence-corrected chi connectivity index (χ0v) is 8.49. The lowest BCUT2D eigenvalue weighted by molar-refractivity contribution is 0.255. The van der Waals surface area contributed by atoms with Crippen LogP contribution in [-0.2, 0) is 0 Å². The number of methoxy groups -OCH3 is 1. The number of rotatable bonds is 4. The Kier molecular flexibility index (Phi) is 3.40. The minimum atomic E-state index is -0.0486. The van der Waals surface area contributed by atoms with E-state index in [1.54, 1.807) is 31.4 Å². The maximum absolute atomic E-state index is 5.61. The fourth-order valence-electron chi connectivity index (χ4n) is 1.03. The van der Waals surface area contributed by atoms with Gasteiger partial charge in [0.1, 0.15) is 6.10 Å². The van der Waals surface area contributed by atoms with Crippen LogP contribution < -0.4 is 15.2 Å². The van der Waals surface area contributed by atoms with Gasteiger partial charge in [0.15, 0.2) is 11.5 Å². The van der Waals surface area contributed by atoms with Gasteiger partial charge in [-0.3, -0.25) is 0 Å². The van der Waals surface area contributed by atoms with Crippen LogP contribution in [0.2, 0.25) is 0 Å². The molecule has 0 fully saturated rings. The van der Waals surface area contributed by atoms with E-state index in [1.165, 1.54) is 0 Å². The average Bonchev–Trinajstić information content (AvgIpc) is 2.20. The van der Waals surface area contributed by atoms with Crippen molar-refractivity contribution in [2.45, 2.75) is 13.0 Å². The largest absolute Gasteiger partial charge is 0.493 e. The predicted molar refractivity (Wildman–Crippen MR) is 57.7 cm³/mol. The molecule has 1 rings (SSSR count). The SMILES string of the molecule is C=CC(C)Oc1ccc(N)cc1OC. The lowest BCUT2D eigenvalue weighted by Gasteiger charge is -2.13. The molecule has 2 N–H and O–H groups in total. The molecule has 0 aliphatic carbocycles. The van der Waals surface area contributed by atoms with Crippen molar-refractivity contribution in [1.82, 2.24) is 0 Å². The second-order valence-electron chi connectivity index (χ2n) is 2.97. The van der Waals surface area contributed by atoms with Crippen LogP contribution >= 0.6 is 0 Å². The van der Waals surface area contributed by atoms with Gasteiger partial charge in [0.25, 0.3) is 0 Å². The van der Waals surface area contributed by atoms with Crippen molar-refractivity contribution in [3.05, 3.63) is 30.9 Å². The Morgan fingerprint density at radius 3 is 2.71 bits per heavy atom. The van der Waals surface area contributed by atoms with Gasteiger partial charge in [-0.05, 0) is 19.1 Å².